The minimum atomic E-state index is -0.346. The Morgan fingerprint density at radius 2 is 1.84 bits per heavy atom. The first-order valence-electron chi connectivity index (χ1n) is 9.61. The van der Waals surface area contributed by atoms with Crippen LogP contribution in [0.2, 0.25) is 10.0 Å². The fraction of sp³-hybridized carbons (Fsp3) is 0.273. The molecule has 1 aliphatic heterocycles. The van der Waals surface area contributed by atoms with Crippen LogP contribution in [0.5, 0.6) is 11.5 Å². The number of carbonyl (C=O) groups is 2. The van der Waals surface area contributed by atoms with E-state index in [4.69, 9.17) is 37.4 Å². The molecule has 2 amide bonds. The highest BCUT2D eigenvalue weighted by atomic mass is 79.9. The van der Waals surface area contributed by atoms with E-state index in [2.05, 4.69) is 15.9 Å². The van der Waals surface area contributed by atoms with Gasteiger partial charge in [-0.1, -0.05) is 45.2 Å². The van der Waals surface area contributed by atoms with E-state index in [1.54, 1.807) is 30.3 Å². The SMILES string of the molecule is CCOc1cc(/C=C2/SC(=O)N(CCOC)C2=O)c(Br)cc1OCc1ccc(Cl)c(Cl)c1. The van der Waals surface area contributed by atoms with Crippen molar-refractivity contribution in [1.82, 2.24) is 4.90 Å². The molecule has 0 radical (unpaired) electrons. The lowest BCUT2D eigenvalue weighted by Gasteiger charge is -2.14. The van der Waals surface area contributed by atoms with Gasteiger partial charge >= 0.3 is 0 Å². The summed E-state index contributed by atoms with van der Waals surface area (Å²) in [5, 5.41) is 0.610. The standard InChI is InChI=1S/C22H20BrCl2NO5S/c1-3-30-18-9-14(10-20-21(27)26(6-7-29-2)22(28)32-20)15(23)11-19(18)31-12-13-4-5-16(24)17(25)8-13/h4-5,8-11H,3,6-7,12H2,1-2H3/b20-10+. The fourth-order valence-electron chi connectivity index (χ4n) is 2.85. The first-order chi connectivity index (χ1) is 15.3. The van der Waals surface area contributed by atoms with Crippen molar-refractivity contribution in [3.63, 3.8) is 0 Å². The Balaban J connectivity index is 1.83. The molecule has 1 fully saturated rings. The Morgan fingerprint density at radius 3 is 2.53 bits per heavy atom. The molecule has 1 saturated heterocycles. The zero-order chi connectivity index (χ0) is 23.3. The van der Waals surface area contributed by atoms with Crippen molar-refractivity contribution < 1.29 is 23.8 Å². The monoisotopic (exact) mass is 559 g/mol. The predicted octanol–water partition coefficient (Wildman–Crippen LogP) is 6.42. The van der Waals surface area contributed by atoms with Gasteiger partial charge in [0.05, 0.1) is 34.7 Å². The van der Waals surface area contributed by atoms with E-state index in [0.29, 0.717) is 43.1 Å². The van der Waals surface area contributed by atoms with Crippen LogP contribution < -0.4 is 9.47 Å². The first-order valence-corrected chi connectivity index (χ1v) is 12.0. The highest BCUT2D eigenvalue weighted by Gasteiger charge is 2.34. The van der Waals surface area contributed by atoms with Crippen molar-refractivity contribution in [2.24, 2.45) is 0 Å². The lowest BCUT2D eigenvalue weighted by molar-refractivity contribution is -0.123. The Labute approximate surface area is 208 Å². The highest BCUT2D eigenvalue weighted by Crippen LogP contribution is 2.38. The maximum absolute atomic E-state index is 12.6. The molecule has 0 aliphatic carbocycles. The highest BCUT2D eigenvalue weighted by molar-refractivity contribution is 9.10. The molecule has 3 rings (SSSR count). The van der Waals surface area contributed by atoms with Crippen LogP contribution in [0, 0.1) is 0 Å². The summed E-state index contributed by atoms with van der Waals surface area (Å²) >= 11 is 16.5. The van der Waals surface area contributed by atoms with Crippen molar-refractivity contribution in [2.75, 3.05) is 26.9 Å². The first kappa shape index (κ1) is 24.9. The maximum atomic E-state index is 12.6. The molecule has 0 spiro atoms. The largest absolute Gasteiger partial charge is 0.490 e. The minimum Gasteiger partial charge on any atom is -0.490 e. The molecule has 2 aromatic rings. The lowest BCUT2D eigenvalue weighted by Crippen LogP contribution is -2.31. The van der Waals surface area contributed by atoms with Gasteiger partial charge in [-0.25, -0.2) is 0 Å². The molecule has 0 bridgehead atoms. The van der Waals surface area contributed by atoms with E-state index < -0.39 is 0 Å². The van der Waals surface area contributed by atoms with Gasteiger partial charge in [-0.2, -0.15) is 0 Å². The van der Waals surface area contributed by atoms with Crippen molar-refractivity contribution >= 4 is 68.1 Å². The molecule has 32 heavy (non-hydrogen) atoms. The summed E-state index contributed by atoms with van der Waals surface area (Å²) in [4.78, 5) is 26.3. The number of carbonyl (C=O) groups excluding carboxylic acids is 2. The van der Waals surface area contributed by atoms with E-state index in [1.165, 1.54) is 12.0 Å². The molecule has 0 atom stereocenters. The number of halogens is 3. The molecule has 0 unspecified atom stereocenters. The lowest BCUT2D eigenvalue weighted by atomic mass is 10.1. The third-order valence-corrected chi connectivity index (χ3v) is 6.75. The predicted molar refractivity (Wildman–Crippen MR) is 131 cm³/mol. The van der Waals surface area contributed by atoms with Gasteiger partial charge in [-0.05, 0) is 60.2 Å². The summed E-state index contributed by atoms with van der Waals surface area (Å²) in [5.41, 5.74) is 1.54. The van der Waals surface area contributed by atoms with Gasteiger partial charge < -0.3 is 14.2 Å². The molecule has 170 valence electrons. The smallest absolute Gasteiger partial charge is 0.293 e. The van der Waals surface area contributed by atoms with Gasteiger partial charge in [0.1, 0.15) is 6.61 Å². The molecule has 0 saturated carbocycles. The number of imide groups is 1. The van der Waals surface area contributed by atoms with Crippen molar-refractivity contribution in [2.45, 2.75) is 13.5 Å². The fourth-order valence-corrected chi connectivity index (χ4v) is 4.46. The minimum absolute atomic E-state index is 0.214. The van der Waals surface area contributed by atoms with Gasteiger partial charge in [0, 0.05) is 11.6 Å². The Morgan fingerprint density at radius 1 is 1.09 bits per heavy atom. The summed E-state index contributed by atoms with van der Waals surface area (Å²) in [5.74, 6) is 0.692. The van der Waals surface area contributed by atoms with Gasteiger partial charge in [0.2, 0.25) is 0 Å². The molecule has 1 heterocycles. The van der Waals surface area contributed by atoms with Crippen molar-refractivity contribution in [3.8, 4) is 11.5 Å². The van der Waals surface area contributed by atoms with Crippen LogP contribution in [0.1, 0.15) is 18.1 Å². The average molecular weight is 561 g/mol. The second kappa shape index (κ2) is 11.4. The number of methoxy groups -OCH3 is 1. The molecule has 1 aliphatic rings. The molecular weight excluding hydrogens is 541 g/mol. The van der Waals surface area contributed by atoms with Gasteiger partial charge in [0.15, 0.2) is 11.5 Å². The van der Waals surface area contributed by atoms with Crippen LogP contribution in [-0.4, -0.2) is 42.9 Å². The number of hydrogen-bond acceptors (Lipinski definition) is 6. The van der Waals surface area contributed by atoms with Crippen LogP contribution in [0.25, 0.3) is 6.08 Å². The molecule has 0 aromatic heterocycles. The Hall–Kier alpha value is -1.71. The summed E-state index contributed by atoms with van der Waals surface area (Å²) in [7, 11) is 1.52. The van der Waals surface area contributed by atoms with Gasteiger partial charge in [0.25, 0.3) is 11.1 Å². The normalized spacial score (nSPS) is 15.0. The zero-order valence-electron chi connectivity index (χ0n) is 17.3. The van der Waals surface area contributed by atoms with Gasteiger partial charge in [-0.15, -0.1) is 0 Å². The second-order valence-corrected chi connectivity index (χ2v) is 9.28. The van der Waals surface area contributed by atoms with E-state index in [1.807, 2.05) is 13.0 Å². The van der Waals surface area contributed by atoms with Gasteiger partial charge in [-0.3, -0.25) is 14.5 Å². The number of benzene rings is 2. The summed E-state index contributed by atoms with van der Waals surface area (Å²) in [6.07, 6.45) is 1.66. The number of amides is 2. The van der Waals surface area contributed by atoms with Crippen LogP contribution in [0.3, 0.4) is 0 Å². The third kappa shape index (κ3) is 5.99. The topological polar surface area (TPSA) is 65.1 Å². The van der Waals surface area contributed by atoms with Crippen molar-refractivity contribution in [1.29, 1.82) is 0 Å². The molecular formula is C22H20BrCl2NO5S. The maximum Gasteiger partial charge on any atom is 0.293 e. The quantitative estimate of drug-likeness (QED) is 0.330. The average Bonchev–Trinajstić information content (AvgIpc) is 3.02. The Bertz CT molecular complexity index is 1060. The van der Waals surface area contributed by atoms with E-state index >= 15 is 0 Å². The van der Waals surface area contributed by atoms with E-state index in [0.717, 1.165) is 17.3 Å². The zero-order valence-corrected chi connectivity index (χ0v) is 21.2. The number of hydrogen-bond donors (Lipinski definition) is 0. The molecule has 10 heteroatoms. The van der Waals surface area contributed by atoms with Crippen molar-refractivity contribution in [3.05, 3.63) is 60.9 Å². The number of ether oxygens (including phenoxy) is 3. The van der Waals surface area contributed by atoms with E-state index in [-0.39, 0.29) is 30.9 Å². The molecule has 2 aromatic carbocycles. The van der Waals surface area contributed by atoms with Crippen LogP contribution in [0.15, 0.2) is 39.7 Å². The number of nitrogens with zero attached hydrogens (tertiary/aromatic N) is 1. The summed E-state index contributed by atoms with van der Waals surface area (Å²) < 4.78 is 17.4. The second-order valence-electron chi connectivity index (χ2n) is 6.62. The molecule has 6 nitrogen and oxygen atoms in total. The third-order valence-electron chi connectivity index (χ3n) is 4.42. The number of thioether (sulfide) groups is 1. The summed E-state index contributed by atoms with van der Waals surface area (Å²) in [6.45, 7) is 3.06. The van der Waals surface area contributed by atoms with Crippen LogP contribution >= 0.6 is 50.9 Å². The molecule has 0 N–H and O–H groups in total. The summed E-state index contributed by atoms with van der Waals surface area (Å²) in [6, 6.07) is 8.82. The van der Waals surface area contributed by atoms with E-state index in [9.17, 15) is 9.59 Å². The van der Waals surface area contributed by atoms with Crippen LogP contribution in [0.4, 0.5) is 4.79 Å². The number of rotatable bonds is 9. The van der Waals surface area contributed by atoms with Crippen LogP contribution in [-0.2, 0) is 16.1 Å². The Kier molecular flexibility index (Phi) is 8.90.